The van der Waals surface area contributed by atoms with Gasteiger partial charge in [-0.15, -0.1) is 0 Å². The molecule has 98 valence electrons. The summed E-state index contributed by atoms with van der Waals surface area (Å²) in [5, 5.41) is 11.4. The van der Waals surface area contributed by atoms with Crippen molar-refractivity contribution >= 4 is 0 Å². The third kappa shape index (κ3) is 1.36. The Morgan fingerprint density at radius 1 is 1.39 bits per heavy atom. The Morgan fingerprint density at radius 3 is 2.72 bits per heavy atom. The molecular formula is C16H23NO. The first-order chi connectivity index (χ1) is 8.39. The normalized spacial score (nSPS) is 41.2. The molecule has 0 aliphatic heterocycles. The highest BCUT2D eigenvalue weighted by Gasteiger charge is 2.67. The van der Waals surface area contributed by atoms with Crippen molar-refractivity contribution in [1.29, 1.82) is 0 Å². The van der Waals surface area contributed by atoms with Crippen molar-refractivity contribution in [1.82, 2.24) is 4.98 Å². The van der Waals surface area contributed by atoms with Gasteiger partial charge >= 0.3 is 0 Å². The van der Waals surface area contributed by atoms with Crippen LogP contribution in [0.2, 0.25) is 0 Å². The zero-order valence-electron chi connectivity index (χ0n) is 11.6. The fourth-order valence-corrected chi connectivity index (χ4v) is 4.59. The van der Waals surface area contributed by atoms with Gasteiger partial charge in [0, 0.05) is 18.8 Å². The first kappa shape index (κ1) is 12.2. The van der Waals surface area contributed by atoms with Crippen LogP contribution in [0.3, 0.4) is 0 Å². The monoisotopic (exact) mass is 245 g/mol. The number of fused-ring (bicyclic) bond motifs is 2. The van der Waals surface area contributed by atoms with Gasteiger partial charge in [-0.25, -0.2) is 0 Å². The molecule has 2 saturated carbocycles. The molecule has 3 unspecified atom stereocenters. The van der Waals surface area contributed by atoms with Crippen molar-refractivity contribution in [2.24, 2.45) is 16.7 Å². The van der Waals surface area contributed by atoms with Crippen molar-refractivity contribution < 1.29 is 5.11 Å². The number of aliphatic hydroxyl groups is 1. The van der Waals surface area contributed by atoms with Gasteiger partial charge in [-0.05, 0) is 47.6 Å². The molecule has 2 fully saturated rings. The van der Waals surface area contributed by atoms with E-state index in [4.69, 9.17) is 0 Å². The Labute approximate surface area is 109 Å². The van der Waals surface area contributed by atoms with Crippen LogP contribution in [-0.4, -0.2) is 15.7 Å². The second kappa shape index (κ2) is 3.57. The summed E-state index contributed by atoms with van der Waals surface area (Å²) in [6, 6.07) is 4.04. The van der Waals surface area contributed by atoms with Gasteiger partial charge in [-0.3, -0.25) is 4.98 Å². The van der Waals surface area contributed by atoms with E-state index in [0.717, 1.165) is 18.4 Å². The van der Waals surface area contributed by atoms with Gasteiger partial charge in [0.05, 0.1) is 5.60 Å². The highest BCUT2D eigenvalue weighted by molar-refractivity contribution is 5.23. The average molecular weight is 245 g/mol. The van der Waals surface area contributed by atoms with E-state index in [2.05, 4.69) is 31.8 Å². The minimum Gasteiger partial charge on any atom is -0.388 e. The van der Waals surface area contributed by atoms with Crippen LogP contribution in [0, 0.1) is 16.7 Å². The van der Waals surface area contributed by atoms with Crippen LogP contribution in [0.1, 0.15) is 45.6 Å². The molecule has 18 heavy (non-hydrogen) atoms. The van der Waals surface area contributed by atoms with Gasteiger partial charge in [0.15, 0.2) is 0 Å². The number of hydrogen-bond donors (Lipinski definition) is 1. The molecule has 0 amide bonds. The lowest BCUT2D eigenvalue weighted by Gasteiger charge is -2.51. The minimum atomic E-state index is -0.591. The van der Waals surface area contributed by atoms with Gasteiger partial charge in [0.2, 0.25) is 0 Å². The molecule has 1 N–H and O–H groups in total. The van der Waals surface area contributed by atoms with E-state index in [0.29, 0.717) is 5.92 Å². The fraction of sp³-hybridized carbons (Fsp3) is 0.688. The van der Waals surface area contributed by atoms with Crippen LogP contribution in [0.15, 0.2) is 24.5 Å². The standard InChI is InChI=1S/C16H23NO/c1-14(2)13-6-7-15(3,10-13)16(14,18)9-12-5-4-8-17-11-12/h4-5,8,11,13,18H,6-7,9-10H2,1-3H3. The van der Waals surface area contributed by atoms with Crippen LogP contribution < -0.4 is 0 Å². The summed E-state index contributed by atoms with van der Waals surface area (Å²) < 4.78 is 0. The van der Waals surface area contributed by atoms with Gasteiger partial charge in [0.1, 0.15) is 0 Å². The summed E-state index contributed by atoms with van der Waals surface area (Å²) in [6.07, 6.45) is 8.04. The summed E-state index contributed by atoms with van der Waals surface area (Å²) in [6.45, 7) is 6.77. The molecule has 2 aliphatic carbocycles. The van der Waals surface area contributed by atoms with E-state index in [1.165, 1.54) is 12.8 Å². The van der Waals surface area contributed by atoms with Crippen molar-refractivity contribution in [2.45, 2.75) is 52.1 Å². The van der Waals surface area contributed by atoms with E-state index >= 15 is 0 Å². The molecule has 2 bridgehead atoms. The summed E-state index contributed by atoms with van der Waals surface area (Å²) in [7, 11) is 0. The van der Waals surface area contributed by atoms with Crippen LogP contribution in [-0.2, 0) is 6.42 Å². The van der Waals surface area contributed by atoms with Crippen molar-refractivity contribution in [3.8, 4) is 0 Å². The molecule has 0 radical (unpaired) electrons. The molecule has 3 atom stereocenters. The fourth-order valence-electron chi connectivity index (χ4n) is 4.59. The summed E-state index contributed by atoms with van der Waals surface area (Å²) in [5.41, 5.74) is 0.653. The number of hydrogen-bond acceptors (Lipinski definition) is 2. The highest BCUT2D eigenvalue weighted by Crippen LogP contribution is 2.68. The zero-order valence-corrected chi connectivity index (χ0v) is 11.6. The van der Waals surface area contributed by atoms with E-state index in [9.17, 15) is 5.11 Å². The predicted molar refractivity (Wildman–Crippen MR) is 72.1 cm³/mol. The Kier molecular flexibility index (Phi) is 2.41. The topological polar surface area (TPSA) is 33.1 Å². The Balaban J connectivity index is 1.98. The van der Waals surface area contributed by atoms with Crippen LogP contribution in [0.4, 0.5) is 0 Å². The smallest absolute Gasteiger partial charge is 0.0795 e. The summed E-state index contributed by atoms with van der Waals surface area (Å²) in [4.78, 5) is 4.18. The Bertz CT molecular complexity index is 449. The van der Waals surface area contributed by atoms with Crippen LogP contribution in [0.5, 0.6) is 0 Å². The van der Waals surface area contributed by atoms with E-state index in [1.54, 1.807) is 6.20 Å². The SMILES string of the molecule is CC12CCC(C1)C(C)(C)C2(O)Cc1cccnc1. The Hall–Kier alpha value is -0.890. The number of aromatic nitrogens is 1. The third-order valence-electron chi connectivity index (χ3n) is 6.01. The summed E-state index contributed by atoms with van der Waals surface area (Å²) >= 11 is 0. The molecule has 2 heteroatoms. The maximum absolute atomic E-state index is 11.4. The molecule has 2 aliphatic rings. The number of pyridine rings is 1. The Morgan fingerprint density at radius 2 is 2.17 bits per heavy atom. The second-order valence-electron chi connectivity index (χ2n) is 7.12. The molecular weight excluding hydrogens is 222 g/mol. The van der Waals surface area contributed by atoms with Gasteiger partial charge in [-0.2, -0.15) is 0 Å². The van der Waals surface area contributed by atoms with Crippen molar-refractivity contribution in [2.75, 3.05) is 0 Å². The minimum absolute atomic E-state index is 0.00976. The van der Waals surface area contributed by atoms with Gasteiger partial charge in [0.25, 0.3) is 0 Å². The average Bonchev–Trinajstić information content (AvgIpc) is 2.79. The highest BCUT2D eigenvalue weighted by atomic mass is 16.3. The number of rotatable bonds is 2. The van der Waals surface area contributed by atoms with E-state index in [1.807, 2.05) is 12.3 Å². The molecule has 3 rings (SSSR count). The molecule has 0 spiro atoms. The first-order valence-corrected chi connectivity index (χ1v) is 7.00. The van der Waals surface area contributed by atoms with Gasteiger partial charge < -0.3 is 5.11 Å². The predicted octanol–water partition coefficient (Wildman–Crippen LogP) is 3.20. The van der Waals surface area contributed by atoms with Crippen LogP contribution in [0.25, 0.3) is 0 Å². The lowest BCUT2D eigenvalue weighted by molar-refractivity contribution is -0.141. The maximum Gasteiger partial charge on any atom is 0.0795 e. The van der Waals surface area contributed by atoms with Gasteiger partial charge in [-0.1, -0.05) is 26.8 Å². The molecule has 2 nitrogen and oxygen atoms in total. The maximum atomic E-state index is 11.4. The second-order valence-corrected chi connectivity index (χ2v) is 7.12. The van der Waals surface area contributed by atoms with Crippen LogP contribution >= 0.6 is 0 Å². The van der Waals surface area contributed by atoms with Crippen molar-refractivity contribution in [3.05, 3.63) is 30.1 Å². The molecule has 0 saturated heterocycles. The lowest BCUT2D eigenvalue weighted by Crippen LogP contribution is -2.55. The number of nitrogens with zero attached hydrogens (tertiary/aromatic N) is 1. The zero-order chi connectivity index (χ0) is 13.0. The molecule has 1 heterocycles. The van der Waals surface area contributed by atoms with Crippen molar-refractivity contribution in [3.63, 3.8) is 0 Å². The summed E-state index contributed by atoms with van der Waals surface area (Å²) in [5.74, 6) is 0.671. The van der Waals surface area contributed by atoms with E-state index < -0.39 is 5.60 Å². The molecule has 0 aromatic carbocycles. The lowest BCUT2D eigenvalue weighted by atomic mass is 9.58. The molecule has 1 aromatic rings. The molecule has 1 aromatic heterocycles. The largest absolute Gasteiger partial charge is 0.388 e. The first-order valence-electron chi connectivity index (χ1n) is 7.00. The third-order valence-corrected chi connectivity index (χ3v) is 6.01. The van der Waals surface area contributed by atoms with E-state index in [-0.39, 0.29) is 10.8 Å². The quantitative estimate of drug-likeness (QED) is 0.868.